The summed E-state index contributed by atoms with van der Waals surface area (Å²) in [4.78, 5) is 11.6. The molecule has 2 aromatic rings. The Balaban J connectivity index is 2.25. The van der Waals surface area contributed by atoms with Gasteiger partial charge in [0.2, 0.25) is 10.0 Å². The number of nitrogens with two attached hydrogens (primary N) is 1. The highest BCUT2D eigenvalue weighted by Gasteiger charge is 2.16. The zero-order chi connectivity index (χ0) is 17.9. The third-order valence-corrected chi connectivity index (χ3v) is 4.17. The van der Waals surface area contributed by atoms with Crippen molar-refractivity contribution in [2.75, 3.05) is 24.8 Å². The fourth-order valence-electron chi connectivity index (χ4n) is 2.06. The van der Waals surface area contributed by atoms with Gasteiger partial charge in [-0.1, -0.05) is 0 Å². The Hall–Kier alpha value is -2.65. The zero-order valence-electron chi connectivity index (χ0n) is 13.0. The van der Waals surface area contributed by atoms with E-state index in [0.29, 0.717) is 17.0 Å². The van der Waals surface area contributed by atoms with Crippen LogP contribution in [-0.2, 0) is 10.0 Å². The molecule has 24 heavy (non-hydrogen) atoms. The van der Waals surface area contributed by atoms with Gasteiger partial charge < -0.3 is 15.4 Å². The van der Waals surface area contributed by atoms with E-state index in [1.165, 1.54) is 13.2 Å². The van der Waals surface area contributed by atoms with E-state index in [1.807, 2.05) is 0 Å². The molecule has 0 aromatic heterocycles. The molecule has 0 bridgehead atoms. The topological polar surface area (TPSA) is 111 Å². The molecule has 0 saturated heterocycles. The van der Waals surface area contributed by atoms with Gasteiger partial charge in [0.1, 0.15) is 16.5 Å². The number of amides is 1. The van der Waals surface area contributed by atoms with Gasteiger partial charge in [0.05, 0.1) is 12.8 Å². The number of anilines is 2. The molecule has 0 aliphatic heterocycles. The van der Waals surface area contributed by atoms with Crippen LogP contribution in [0.15, 0.2) is 41.3 Å². The maximum Gasteiger partial charge on any atom is 0.255 e. The molecule has 0 spiro atoms. The van der Waals surface area contributed by atoms with E-state index < -0.39 is 26.6 Å². The highest BCUT2D eigenvalue weighted by Crippen LogP contribution is 2.25. The number of carbonyl (C=O) groups is 1. The molecule has 0 atom stereocenters. The molecule has 0 unspecified atom stereocenters. The highest BCUT2D eigenvalue weighted by atomic mass is 32.2. The molecule has 0 aliphatic rings. The number of benzene rings is 2. The lowest BCUT2D eigenvalue weighted by atomic mass is 10.1. The minimum atomic E-state index is -4.16. The number of primary sulfonamides is 1. The molecule has 2 rings (SSSR count). The molecule has 2 aromatic carbocycles. The highest BCUT2D eigenvalue weighted by molar-refractivity contribution is 7.89. The Morgan fingerprint density at radius 3 is 2.46 bits per heavy atom. The molecule has 0 heterocycles. The first kappa shape index (κ1) is 17.7. The summed E-state index contributed by atoms with van der Waals surface area (Å²) in [6.45, 7) is 0. The summed E-state index contributed by atoms with van der Waals surface area (Å²) in [5.41, 5.74) is 1.03. The van der Waals surface area contributed by atoms with E-state index in [2.05, 4.69) is 10.6 Å². The Morgan fingerprint density at radius 2 is 1.92 bits per heavy atom. The van der Waals surface area contributed by atoms with Gasteiger partial charge in [0, 0.05) is 18.3 Å². The van der Waals surface area contributed by atoms with Crippen molar-refractivity contribution in [1.82, 2.24) is 0 Å². The minimum Gasteiger partial charge on any atom is -0.495 e. The van der Waals surface area contributed by atoms with Crippen LogP contribution in [0.5, 0.6) is 5.75 Å². The quantitative estimate of drug-likeness (QED) is 0.759. The molecular formula is C15H16FN3O4S. The largest absolute Gasteiger partial charge is 0.495 e. The summed E-state index contributed by atoms with van der Waals surface area (Å²) in [5.74, 6) is -0.963. The standard InChI is InChI=1S/C15H16FN3O4S/c1-18-12-7-9(3-5-13(12)23-2)15(20)19-10-4-6-14(11(16)8-10)24(17,21)22/h3-8,18H,1-2H3,(H,19,20)(H2,17,21,22). The molecule has 0 radical (unpaired) electrons. The zero-order valence-corrected chi connectivity index (χ0v) is 13.8. The summed E-state index contributed by atoms with van der Waals surface area (Å²) in [6.07, 6.45) is 0. The van der Waals surface area contributed by atoms with E-state index in [0.717, 1.165) is 12.1 Å². The number of sulfonamides is 1. The number of carbonyl (C=O) groups excluding carboxylic acids is 1. The van der Waals surface area contributed by atoms with E-state index in [1.54, 1.807) is 25.2 Å². The normalized spacial score (nSPS) is 11.0. The minimum absolute atomic E-state index is 0.103. The first-order valence-corrected chi connectivity index (χ1v) is 8.30. The van der Waals surface area contributed by atoms with Gasteiger partial charge in [-0.2, -0.15) is 0 Å². The second kappa shape index (κ2) is 6.85. The van der Waals surface area contributed by atoms with Gasteiger partial charge >= 0.3 is 0 Å². The first-order chi connectivity index (χ1) is 11.3. The van der Waals surface area contributed by atoms with Crippen LogP contribution in [0.25, 0.3) is 0 Å². The summed E-state index contributed by atoms with van der Waals surface area (Å²) in [7, 11) is -0.970. The summed E-state index contributed by atoms with van der Waals surface area (Å²) in [6, 6.07) is 7.87. The maximum atomic E-state index is 13.8. The Kier molecular flexibility index (Phi) is 5.05. The number of rotatable bonds is 5. The van der Waals surface area contributed by atoms with Gasteiger partial charge in [-0.3, -0.25) is 4.79 Å². The second-order valence-electron chi connectivity index (χ2n) is 4.81. The molecule has 9 heteroatoms. The second-order valence-corrected chi connectivity index (χ2v) is 6.34. The van der Waals surface area contributed by atoms with Crippen molar-refractivity contribution < 1.29 is 22.3 Å². The number of nitrogens with one attached hydrogen (secondary N) is 2. The molecule has 0 aliphatic carbocycles. The van der Waals surface area contributed by atoms with Crippen molar-refractivity contribution in [3.05, 3.63) is 47.8 Å². The van der Waals surface area contributed by atoms with Crippen molar-refractivity contribution in [2.24, 2.45) is 5.14 Å². The van der Waals surface area contributed by atoms with E-state index >= 15 is 0 Å². The van der Waals surface area contributed by atoms with E-state index in [9.17, 15) is 17.6 Å². The average molecular weight is 353 g/mol. The lowest BCUT2D eigenvalue weighted by Crippen LogP contribution is -2.15. The van der Waals surface area contributed by atoms with Gasteiger partial charge in [0.25, 0.3) is 5.91 Å². The Labute approximate surface area is 138 Å². The van der Waals surface area contributed by atoms with Crippen molar-refractivity contribution in [3.8, 4) is 5.75 Å². The molecule has 0 fully saturated rings. The lowest BCUT2D eigenvalue weighted by molar-refractivity contribution is 0.102. The lowest BCUT2D eigenvalue weighted by Gasteiger charge is -2.11. The third kappa shape index (κ3) is 3.81. The molecule has 0 saturated carbocycles. The van der Waals surface area contributed by atoms with Gasteiger partial charge in [-0.15, -0.1) is 0 Å². The average Bonchev–Trinajstić information content (AvgIpc) is 2.52. The van der Waals surface area contributed by atoms with Crippen LogP contribution in [0.3, 0.4) is 0 Å². The van der Waals surface area contributed by atoms with Crippen molar-refractivity contribution in [2.45, 2.75) is 4.90 Å². The molecule has 128 valence electrons. The van der Waals surface area contributed by atoms with Gasteiger partial charge in [-0.05, 0) is 36.4 Å². The number of ether oxygens (including phenoxy) is 1. The van der Waals surface area contributed by atoms with Crippen LogP contribution in [0.2, 0.25) is 0 Å². The summed E-state index contributed by atoms with van der Waals surface area (Å²) < 4.78 is 41.3. The fourth-order valence-corrected chi connectivity index (χ4v) is 2.65. The maximum absolute atomic E-state index is 13.8. The third-order valence-electron chi connectivity index (χ3n) is 3.23. The summed E-state index contributed by atoms with van der Waals surface area (Å²) >= 11 is 0. The molecule has 4 N–H and O–H groups in total. The number of hydrogen-bond acceptors (Lipinski definition) is 5. The smallest absolute Gasteiger partial charge is 0.255 e. The van der Waals surface area contributed by atoms with E-state index in [4.69, 9.17) is 9.88 Å². The van der Waals surface area contributed by atoms with Crippen molar-refractivity contribution >= 4 is 27.3 Å². The van der Waals surface area contributed by atoms with Gasteiger partial charge in [-0.25, -0.2) is 17.9 Å². The van der Waals surface area contributed by atoms with Crippen LogP contribution in [0.4, 0.5) is 15.8 Å². The van der Waals surface area contributed by atoms with Crippen LogP contribution < -0.4 is 20.5 Å². The molecular weight excluding hydrogens is 337 g/mol. The van der Waals surface area contributed by atoms with Crippen LogP contribution in [0, 0.1) is 5.82 Å². The SMILES string of the molecule is CNc1cc(C(=O)Nc2ccc(S(N)(=O)=O)c(F)c2)ccc1OC. The molecule has 7 nitrogen and oxygen atoms in total. The number of hydrogen-bond donors (Lipinski definition) is 3. The number of halogens is 1. The molecule has 1 amide bonds. The van der Waals surface area contributed by atoms with Crippen LogP contribution in [0.1, 0.15) is 10.4 Å². The van der Waals surface area contributed by atoms with Gasteiger partial charge in [0.15, 0.2) is 0 Å². The fraction of sp³-hybridized carbons (Fsp3) is 0.133. The van der Waals surface area contributed by atoms with Crippen LogP contribution in [-0.4, -0.2) is 28.5 Å². The van der Waals surface area contributed by atoms with Crippen molar-refractivity contribution in [1.29, 1.82) is 0 Å². The van der Waals surface area contributed by atoms with Crippen molar-refractivity contribution in [3.63, 3.8) is 0 Å². The Bertz CT molecular complexity index is 884. The monoisotopic (exact) mass is 353 g/mol. The number of methoxy groups -OCH3 is 1. The Morgan fingerprint density at radius 1 is 1.21 bits per heavy atom. The summed E-state index contributed by atoms with van der Waals surface area (Å²) in [5, 5.41) is 10.3. The predicted octanol–water partition coefficient (Wildman–Crippen LogP) is 1.78. The first-order valence-electron chi connectivity index (χ1n) is 6.75. The van der Waals surface area contributed by atoms with E-state index in [-0.39, 0.29) is 5.69 Å². The predicted molar refractivity (Wildman–Crippen MR) is 88.3 cm³/mol. The van der Waals surface area contributed by atoms with Crippen LogP contribution >= 0.6 is 0 Å².